The van der Waals surface area contributed by atoms with Gasteiger partial charge in [0.25, 0.3) is 0 Å². The Morgan fingerprint density at radius 2 is 1.75 bits per heavy atom. The van der Waals surface area contributed by atoms with Crippen LogP contribution < -0.4 is 11.3 Å². The van der Waals surface area contributed by atoms with Crippen LogP contribution >= 0.6 is 31.9 Å². The first-order valence-electron chi connectivity index (χ1n) is 6.49. The molecular formula is C16H18Br2N2. The Morgan fingerprint density at radius 1 is 1.10 bits per heavy atom. The van der Waals surface area contributed by atoms with Gasteiger partial charge < -0.3 is 0 Å². The maximum Gasteiger partial charge on any atom is 0.0511 e. The molecule has 0 aliphatic rings. The van der Waals surface area contributed by atoms with E-state index in [4.69, 9.17) is 5.84 Å². The summed E-state index contributed by atoms with van der Waals surface area (Å²) in [5, 5.41) is 0. The third kappa shape index (κ3) is 3.50. The largest absolute Gasteiger partial charge is 0.271 e. The smallest absolute Gasteiger partial charge is 0.0511 e. The highest BCUT2D eigenvalue weighted by Crippen LogP contribution is 2.30. The predicted molar refractivity (Wildman–Crippen MR) is 91.5 cm³/mol. The van der Waals surface area contributed by atoms with Crippen molar-refractivity contribution >= 4 is 31.9 Å². The molecular weight excluding hydrogens is 380 g/mol. The third-order valence-corrected chi connectivity index (χ3v) is 4.77. The topological polar surface area (TPSA) is 38.0 Å². The average Bonchev–Trinajstić information content (AvgIpc) is 2.40. The second kappa shape index (κ2) is 6.85. The molecule has 0 heterocycles. The van der Waals surface area contributed by atoms with Crippen LogP contribution in [0.3, 0.4) is 0 Å². The lowest BCUT2D eigenvalue weighted by atomic mass is 9.93. The van der Waals surface area contributed by atoms with Crippen molar-refractivity contribution in [2.24, 2.45) is 5.84 Å². The molecule has 2 rings (SSSR count). The molecule has 0 aliphatic carbocycles. The minimum Gasteiger partial charge on any atom is -0.271 e. The Bertz CT molecular complexity index is 591. The molecule has 0 radical (unpaired) electrons. The second-order valence-corrected chi connectivity index (χ2v) is 6.73. The van der Waals surface area contributed by atoms with Crippen LogP contribution in [0, 0.1) is 13.8 Å². The lowest BCUT2D eigenvalue weighted by Gasteiger charge is -2.20. The van der Waals surface area contributed by atoms with Crippen molar-refractivity contribution in [3.05, 3.63) is 67.6 Å². The van der Waals surface area contributed by atoms with Gasteiger partial charge in [-0.1, -0.05) is 56.1 Å². The lowest BCUT2D eigenvalue weighted by molar-refractivity contribution is 0.547. The van der Waals surface area contributed by atoms with Crippen LogP contribution in [0.5, 0.6) is 0 Å². The molecule has 0 amide bonds. The molecule has 0 aromatic heterocycles. The van der Waals surface area contributed by atoms with Crippen molar-refractivity contribution in [1.29, 1.82) is 0 Å². The monoisotopic (exact) mass is 396 g/mol. The zero-order chi connectivity index (χ0) is 14.7. The van der Waals surface area contributed by atoms with Crippen LogP contribution in [0.4, 0.5) is 0 Å². The minimum atomic E-state index is 0.0808. The summed E-state index contributed by atoms with van der Waals surface area (Å²) in [6.07, 6.45) is 0.870. The quantitative estimate of drug-likeness (QED) is 0.585. The Labute approximate surface area is 137 Å². The highest BCUT2D eigenvalue weighted by atomic mass is 79.9. The first-order valence-corrected chi connectivity index (χ1v) is 8.07. The van der Waals surface area contributed by atoms with E-state index in [1.165, 1.54) is 22.3 Å². The molecule has 1 unspecified atom stereocenters. The normalized spacial score (nSPS) is 12.4. The van der Waals surface area contributed by atoms with E-state index in [9.17, 15) is 0 Å². The number of hydrazine groups is 1. The Kier molecular flexibility index (Phi) is 5.38. The zero-order valence-corrected chi connectivity index (χ0v) is 14.8. The van der Waals surface area contributed by atoms with E-state index in [-0.39, 0.29) is 6.04 Å². The van der Waals surface area contributed by atoms with Gasteiger partial charge in [-0.3, -0.25) is 11.3 Å². The highest BCUT2D eigenvalue weighted by molar-refractivity contribution is 9.11. The Hall–Kier alpha value is -0.680. The predicted octanol–water partition coefficient (Wildman–Crippen LogP) is 4.58. The van der Waals surface area contributed by atoms with E-state index < -0.39 is 0 Å². The standard InChI is InChI=1S/C16H18Br2N2/c1-10-4-3-5-11(2)14(10)9-16(20-19)13-7-6-12(17)8-15(13)18/h3-8,16,20H,9,19H2,1-2H3. The van der Waals surface area contributed by atoms with E-state index in [0.717, 1.165) is 15.4 Å². The molecule has 106 valence electrons. The van der Waals surface area contributed by atoms with Gasteiger partial charge >= 0.3 is 0 Å². The van der Waals surface area contributed by atoms with Crippen LogP contribution in [0.2, 0.25) is 0 Å². The van der Waals surface area contributed by atoms with E-state index in [0.29, 0.717) is 0 Å². The first kappa shape index (κ1) is 15.7. The number of nitrogens with one attached hydrogen (secondary N) is 1. The van der Waals surface area contributed by atoms with E-state index >= 15 is 0 Å². The molecule has 1 atom stereocenters. The number of aryl methyl sites for hydroxylation is 2. The van der Waals surface area contributed by atoms with Gasteiger partial charge in [-0.2, -0.15) is 0 Å². The summed E-state index contributed by atoms with van der Waals surface area (Å²) in [5.74, 6) is 5.78. The molecule has 0 aliphatic heterocycles. The molecule has 0 saturated carbocycles. The maximum atomic E-state index is 5.78. The zero-order valence-electron chi connectivity index (χ0n) is 11.6. The molecule has 20 heavy (non-hydrogen) atoms. The third-order valence-electron chi connectivity index (χ3n) is 3.59. The second-order valence-electron chi connectivity index (χ2n) is 4.96. The SMILES string of the molecule is Cc1cccc(C)c1CC(NN)c1ccc(Br)cc1Br. The van der Waals surface area contributed by atoms with Gasteiger partial charge in [0.2, 0.25) is 0 Å². The summed E-state index contributed by atoms with van der Waals surface area (Å²) >= 11 is 7.09. The number of halogens is 2. The summed E-state index contributed by atoms with van der Waals surface area (Å²) in [4.78, 5) is 0. The van der Waals surface area contributed by atoms with E-state index in [2.05, 4.69) is 75.4 Å². The summed E-state index contributed by atoms with van der Waals surface area (Å²) in [6, 6.07) is 12.6. The maximum absolute atomic E-state index is 5.78. The highest BCUT2D eigenvalue weighted by Gasteiger charge is 2.16. The van der Waals surface area contributed by atoms with Crippen molar-refractivity contribution in [1.82, 2.24) is 5.43 Å². The number of nitrogens with two attached hydrogens (primary N) is 1. The van der Waals surface area contributed by atoms with Gasteiger partial charge in [-0.25, -0.2) is 0 Å². The van der Waals surface area contributed by atoms with Crippen molar-refractivity contribution in [3.8, 4) is 0 Å². The fourth-order valence-corrected chi connectivity index (χ4v) is 3.74. The summed E-state index contributed by atoms with van der Waals surface area (Å²) < 4.78 is 2.11. The van der Waals surface area contributed by atoms with Crippen LogP contribution in [-0.4, -0.2) is 0 Å². The molecule has 4 heteroatoms. The fourth-order valence-electron chi connectivity index (χ4n) is 2.42. The van der Waals surface area contributed by atoms with Gasteiger partial charge in [-0.05, 0) is 54.7 Å². The van der Waals surface area contributed by atoms with Crippen molar-refractivity contribution in [2.45, 2.75) is 26.3 Å². The number of hydrogen-bond donors (Lipinski definition) is 2. The molecule has 3 N–H and O–H groups in total. The lowest BCUT2D eigenvalue weighted by Crippen LogP contribution is -2.30. The molecule has 2 nitrogen and oxygen atoms in total. The van der Waals surface area contributed by atoms with Gasteiger partial charge in [-0.15, -0.1) is 0 Å². The summed E-state index contributed by atoms with van der Waals surface area (Å²) in [5.41, 5.74) is 8.06. The molecule has 0 bridgehead atoms. The van der Waals surface area contributed by atoms with E-state index in [1.807, 2.05) is 12.1 Å². The summed E-state index contributed by atoms with van der Waals surface area (Å²) in [6.45, 7) is 4.29. The Morgan fingerprint density at radius 3 is 2.30 bits per heavy atom. The van der Waals surface area contributed by atoms with Crippen molar-refractivity contribution in [3.63, 3.8) is 0 Å². The van der Waals surface area contributed by atoms with Crippen LogP contribution in [0.25, 0.3) is 0 Å². The van der Waals surface area contributed by atoms with Crippen LogP contribution in [0.15, 0.2) is 45.3 Å². The minimum absolute atomic E-state index is 0.0808. The van der Waals surface area contributed by atoms with E-state index in [1.54, 1.807) is 0 Å². The molecule has 0 fully saturated rings. The van der Waals surface area contributed by atoms with Crippen molar-refractivity contribution < 1.29 is 0 Å². The van der Waals surface area contributed by atoms with Crippen LogP contribution in [0.1, 0.15) is 28.3 Å². The van der Waals surface area contributed by atoms with Gasteiger partial charge in [0.05, 0.1) is 6.04 Å². The first-order chi connectivity index (χ1) is 9.52. The van der Waals surface area contributed by atoms with Gasteiger partial charge in [0, 0.05) is 8.95 Å². The number of rotatable bonds is 4. The molecule has 2 aromatic rings. The van der Waals surface area contributed by atoms with Crippen LogP contribution in [-0.2, 0) is 6.42 Å². The summed E-state index contributed by atoms with van der Waals surface area (Å²) in [7, 11) is 0. The molecule has 0 spiro atoms. The van der Waals surface area contributed by atoms with Gasteiger partial charge in [0.1, 0.15) is 0 Å². The number of benzene rings is 2. The Balaban J connectivity index is 2.34. The molecule has 2 aromatic carbocycles. The van der Waals surface area contributed by atoms with Gasteiger partial charge in [0.15, 0.2) is 0 Å². The fraction of sp³-hybridized carbons (Fsp3) is 0.250. The van der Waals surface area contributed by atoms with Crippen molar-refractivity contribution in [2.75, 3.05) is 0 Å². The number of hydrogen-bond acceptors (Lipinski definition) is 2. The average molecular weight is 398 g/mol. The molecule has 0 saturated heterocycles.